The van der Waals surface area contributed by atoms with E-state index in [1.54, 1.807) is 42.6 Å². The number of rotatable bonds is 5. The molecule has 24 heavy (non-hydrogen) atoms. The summed E-state index contributed by atoms with van der Waals surface area (Å²) in [6.45, 7) is 3.77. The van der Waals surface area contributed by atoms with E-state index in [9.17, 15) is 9.59 Å². The maximum Gasteiger partial charge on any atom is 0.337 e. The van der Waals surface area contributed by atoms with Crippen LogP contribution in [-0.4, -0.2) is 30.1 Å². The summed E-state index contributed by atoms with van der Waals surface area (Å²) in [5.41, 5.74) is 1.86. The summed E-state index contributed by atoms with van der Waals surface area (Å²) < 4.78 is 4.65. The van der Waals surface area contributed by atoms with Crippen LogP contribution in [0, 0.1) is 0 Å². The fourth-order valence-electron chi connectivity index (χ4n) is 1.93. The Morgan fingerprint density at radius 3 is 2.25 bits per heavy atom. The standard InChI is InChI=1S/C17H20N4O3/c1-11(2)19-17(23)21-14-8-9-15(18-10-14)20-13-6-4-12(5-7-13)16(22)24-3/h4-11H,1-3H3,(H,18,20)(H2,19,21,23). The van der Waals surface area contributed by atoms with Crippen LogP contribution in [0.1, 0.15) is 24.2 Å². The topological polar surface area (TPSA) is 92.4 Å². The van der Waals surface area contributed by atoms with Gasteiger partial charge < -0.3 is 20.7 Å². The van der Waals surface area contributed by atoms with Crippen LogP contribution in [-0.2, 0) is 4.74 Å². The monoisotopic (exact) mass is 328 g/mol. The number of esters is 1. The van der Waals surface area contributed by atoms with E-state index in [1.807, 2.05) is 13.8 Å². The van der Waals surface area contributed by atoms with Crippen LogP contribution in [0.4, 0.5) is 22.0 Å². The molecule has 1 aromatic carbocycles. The number of carbonyl (C=O) groups is 2. The number of ether oxygens (including phenoxy) is 1. The Hall–Kier alpha value is -3.09. The number of pyridine rings is 1. The Morgan fingerprint density at radius 2 is 1.71 bits per heavy atom. The van der Waals surface area contributed by atoms with E-state index in [-0.39, 0.29) is 18.0 Å². The number of hydrogen-bond donors (Lipinski definition) is 3. The first-order chi connectivity index (χ1) is 11.5. The quantitative estimate of drug-likeness (QED) is 0.733. The lowest BCUT2D eigenvalue weighted by Crippen LogP contribution is -2.34. The first-order valence-electron chi connectivity index (χ1n) is 7.47. The fourth-order valence-corrected chi connectivity index (χ4v) is 1.93. The Bertz CT molecular complexity index is 697. The molecular formula is C17H20N4O3. The van der Waals surface area contributed by atoms with Gasteiger partial charge in [0, 0.05) is 11.7 Å². The van der Waals surface area contributed by atoms with Crippen LogP contribution in [0.3, 0.4) is 0 Å². The predicted octanol–water partition coefficient (Wildman–Crippen LogP) is 3.14. The van der Waals surface area contributed by atoms with Crippen molar-refractivity contribution in [1.82, 2.24) is 10.3 Å². The average Bonchev–Trinajstić information content (AvgIpc) is 2.56. The van der Waals surface area contributed by atoms with E-state index in [2.05, 4.69) is 25.7 Å². The highest BCUT2D eigenvalue weighted by Gasteiger charge is 2.06. The smallest absolute Gasteiger partial charge is 0.337 e. The molecule has 2 rings (SSSR count). The third-order valence-corrected chi connectivity index (χ3v) is 3.02. The first-order valence-corrected chi connectivity index (χ1v) is 7.47. The molecule has 0 bridgehead atoms. The second-order valence-electron chi connectivity index (χ2n) is 5.38. The molecule has 7 heteroatoms. The molecule has 0 atom stereocenters. The van der Waals surface area contributed by atoms with Gasteiger partial charge in [-0.15, -0.1) is 0 Å². The molecule has 7 nitrogen and oxygen atoms in total. The van der Waals surface area contributed by atoms with Crippen LogP contribution in [0.5, 0.6) is 0 Å². The number of carbonyl (C=O) groups excluding carboxylic acids is 2. The van der Waals surface area contributed by atoms with Crippen LogP contribution >= 0.6 is 0 Å². The van der Waals surface area contributed by atoms with Crippen LogP contribution < -0.4 is 16.0 Å². The molecule has 0 saturated heterocycles. The van der Waals surface area contributed by atoms with Crippen molar-refractivity contribution < 1.29 is 14.3 Å². The molecule has 0 unspecified atom stereocenters. The highest BCUT2D eigenvalue weighted by molar-refractivity contribution is 5.90. The summed E-state index contributed by atoms with van der Waals surface area (Å²) in [4.78, 5) is 27.2. The van der Waals surface area contributed by atoms with Crippen molar-refractivity contribution in [3.63, 3.8) is 0 Å². The van der Waals surface area contributed by atoms with Crippen LogP contribution in [0.25, 0.3) is 0 Å². The number of nitrogens with zero attached hydrogens (tertiary/aromatic N) is 1. The van der Waals surface area contributed by atoms with Gasteiger partial charge >= 0.3 is 12.0 Å². The highest BCUT2D eigenvalue weighted by Crippen LogP contribution is 2.17. The van der Waals surface area contributed by atoms with Gasteiger partial charge in [0.15, 0.2) is 0 Å². The second kappa shape index (κ2) is 7.96. The summed E-state index contributed by atoms with van der Waals surface area (Å²) in [5.74, 6) is 0.241. The third kappa shape index (κ3) is 4.98. The van der Waals surface area contributed by atoms with Crippen molar-refractivity contribution in [1.29, 1.82) is 0 Å². The predicted molar refractivity (Wildman–Crippen MR) is 92.6 cm³/mol. The van der Waals surface area contributed by atoms with Gasteiger partial charge in [-0.25, -0.2) is 14.6 Å². The summed E-state index contributed by atoms with van der Waals surface area (Å²) in [6.07, 6.45) is 1.56. The number of benzene rings is 1. The minimum absolute atomic E-state index is 0.0619. The van der Waals surface area contributed by atoms with Crippen molar-refractivity contribution in [3.05, 3.63) is 48.2 Å². The Kier molecular flexibility index (Phi) is 5.73. The molecule has 1 heterocycles. The van der Waals surface area contributed by atoms with E-state index in [1.165, 1.54) is 7.11 Å². The summed E-state index contributed by atoms with van der Waals surface area (Å²) in [5, 5.41) is 8.54. The van der Waals surface area contributed by atoms with Gasteiger partial charge in [0.05, 0.1) is 24.6 Å². The zero-order valence-electron chi connectivity index (χ0n) is 13.8. The summed E-state index contributed by atoms with van der Waals surface area (Å²) in [6, 6.07) is 10.1. The number of methoxy groups -OCH3 is 1. The lowest BCUT2D eigenvalue weighted by molar-refractivity contribution is 0.0600. The Morgan fingerprint density at radius 1 is 1.04 bits per heavy atom. The minimum atomic E-state index is -0.380. The van der Waals surface area contributed by atoms with E-state index in [0.717, 1.165) is 5.69 Å². The molecular weight excluding hydrogens is 308 g/mol. The molecule has 2 amide bonds. The van der Waals surface area contributed by atoms with Gasteiger partial charge in [0.1, 0.15) is 5.82 Å². The Balaban J connectivity index is 1.96. The average molecular weight is 328 g/mol. The largest absolute Gasteiger partial charge is 0.465 e. The number of amides is 2. The van der Waals surface area contributed by atoms with Crippen LogP contribution in [0.15, 0.2) is 42.6 Å². The molecule has 0 aliphatic rings. The third-order valence-electron chi connectivity index (χ3n) is 3.02. The molecule has 0 aliphatic carbocycles. The van der Waals surface area contributed by atoms with Crippen molar-refractivity contribution in [2.75, 3.05) is 17.7 Å². The number of urea groups is 1. The van der Waals surface area contributed by atoms with Gasteiger partial charge in [-0.2, -0.15) is 0 Å². The second-order valence-corrected chi connectivity index (χ2v) is 5.38. The van der Waals surface area contributed by atoms with E-state index < -0.39 is 0 Å². The Labute approximate surface area is 140 Å². The molecule has 0 radical (unpaired) electrons. The van der Waals surface area contributed by atoms with Gasteiger partial charge in [-0.1, -0.05) is 0 Å². The molecule has 126 valence electrons. The zero-order valence-corrected chi connectivity index (χ0v) is 13.8. The van der Waals surface area contributed by atoms with Gasteiger partial charge in [0.25, 0.3) is 0 Å². The molecule has 3 N–H and O–H groups in total. The first kappa shape index (κ1) is 17.3. The van der Waals surface area contributed by atoms with Crippen molar-refractivity contribution >= 4 is 29.2 Å². The van der Waals surface area contributed by atoms with Gasteiger partial charge in [-0.3, -0.25) is 0 Å². The van der Waals surface area contributed by atoms with Crippen molar-refractivity contribution in [2.45, 2.75) is 19.9 Å². The molecule has 0 spiro atoms. The van der Waals surface area contributed by atoms with Crippen LogP contribution in [0.2, 0.25) is 0 Å². The van der Waals surface area contributed by atoms with E-state index in [0.29, 0.717) is 17.1 Å². The number of nitrogens with one attached hydrogen (secondary N) is 3. The normalized spacial score (nSPS) is 10.2. The van der Waals surface area contributed by atoms with Gasteiger partial charge in [-0.05, 0) is 50.2 Å². The number of aromatic nitrogens is 1. The van der Waals surface area contributed by atoms with E-state index in [4.69, 9.17) is 0 Å². The van der Waals surface area contributed by atoms with Gasteiger partial charge in [0.2, 0.25) is 0 Å². The maximum atomic E-state index is 11.6. The number of hydrogen-bond acceptors (Lipinski definition) is 5. The molecule has 2 aromatic rings. The van der Waals surface area contributed by atoms with Crippen molar-refractivity contribution in [2.24, 2.45) is 0 Å². The zero-order chi connectivity index (χ0) is 17.5. The fraction of sp³-hybridized carbons (Fsp3) is 0.235. The molecule has 1 aromatic heterocycles. The molecule has 0 fully saturated rings. The number of anilines is 3. The lowest BCUT2D eigenvalue weighted by atomic mass is 10.2. The lowest BCUT2D eigenvalue weighted by Gasteiger charge is -2.11. The molecule has 0 aliphatic heterocycles. The molecule has 0 saturated carbocycles. The minimum Gasteiger partial charge on any atom is -0.465 e. The highest BCUT2D eigenvalue weighted by atomic mass is 16.5. The SMILES string of the molecule is COC(=O)c1ccc(Nc2ccc(NC(=O)NC(C)C)cn2)cc1. The van der Waals surface area contributed by atoms with Crippen molar-refractivity contribution in [3.8, 4) is 0 Å². The summed E-state index contributed by atoms with van der Waals surface area (Å²) in [7, 11) is 1.34. The maximum absolute atomic E-state index is 11.6. The summed E-state index contributed by atoms with van der Waals surface area (Å²) >= 11 is 0. The van der Waals surface area contributed by atoms with E-state index >= 15 is 0 Å².